The second-order valence-corrected chi connectivity index (χ2v) is 5.73. The van der Waals surface area contributed by atoms with Gasteiger partial charge in [-0.1, -0.05) is 30.3 Å². The van der Waals surface area contributed by atoms with Crippen LogP contribution in [0, 0.1) is 6.92 Å². The van der Waals surface area contributed by atoms with Gasteiger partial charge in [-0.3, -0.25) is 9.89 Å². The van der Waals surface area contributed by atoms with Gasteiger partial charge in [0.15, 0.2) is 5.65 Å². The topological polar surface area (TPSA) is 50.2 Å². The summed E-state index contributed by atoms with van der Waals surface area (Å²) in [5.41, 5.74) is 2.94. The average Bonchev–Trinajstić information content (AvgIpc) is 2.75. The van der Waals surface area contributed by atoms with Crippen LogP contribution in [-0.2, 0) is 0 Å². The molecule has 3 aromatic rings. The number of benzene rings is 1. The molecule has 0 fully saturated rings. The van der Waals surface area contributed by atoms with Gasteiger partial charge in [0, 0.05) is 5.56 Å². The summed E-state index contributed by atoms with van der Waals surface area (Å²) in [5.74, 6) is 0. The van der Waals surface area contributed by atoms with Crippen LogP contribution in [0.15, 0.2) is 44.1 Å². The summed E-state index contributed by atoms with van der Waals surface area (Å²) < 4.78 is 2.69. The monoisotopic (exact) mass is 381 g/mol. The Morgan fingerprint density at radius 2 is 1.84 bits per heavy atom. The molecule has 0 amide bonds. The van der Waals surface area contributed by atoms with Crippen LogP contribution < -0.4 is 5.56 Å². The van der Waals surface area contributed by atoms with Crippen LogP contribution in [0.1, 0.15) is 5.69 Å². The highest BCUT2D eigenvalue weighted by molar-refractivity contribution is 9.11. The number of rotatable bonds is 1. The highest BCUT2D eigenvalue weighted by Crippen LogP contribution is 2.29. The minimum Gasteiger partial charge on any atom is -0.288 e. The van der Waals surface area contributed by atoms with Gasteiger partial charge in [0.25, 0.3) is 5.56 Å². The Bertz CT molecular complexity index is 821. The fraction of sp³-hybridized carbons (Fsp3) is 0.0769. The van der Waals surface area contributed by atoms with E-state index in [0.717, 1.165) is 15.7 Å². The molecule has 0 saturated carbocycles. The van der Waals surface area contributed by atoms with Crippen molar-refractivity contribution in [1.29, 1.82) is 0 Å². The molecule has 2 heterocycles. The second kappa shape index (κ2) is 4.61. The Morgan fingerprint density at radius 3 is 2.53 bits per heavy atom. The van der Waals surface area contributed by atoms with Gasteiger partial charge in [0.2, 0.25) is 0 Å². The second-order valence-electron chi connectivity index (χ2n) is 4.14. The van der Waals surface area contributed by atoms with Crippen LogP contribution >= 0.6 is 31.9 Å². The van der Waals surface area contributed by atoms with E-state index >= 15 is 0 Å². The highest BCUT2D eigenvalue weighted by Gasteiger charge is 2.16. The van der Waals surface area contributed by atoms with E-state index in [1.807, 2.05) is 30.3 Å². The predicted octanol–water partition coefficient (Wildman–Crippen LogP) is 3.52. The zero-order valence-corrected chi connectivity index (χ0v) is 13.1. The lowest BCUT2D eigenvalue weighted by atomic mass is 10.2. The van der Waals surface area contributed by atoms with Crippen LogP contribution in [0.3, 0.4) is 0 Å². The molecule has 1 aromatic carbocycles. The number of nitrogens with zero attached hydrogens (tertiary/aromatic N) is 2. The summed E-state index contributed by atoms with van der Waals surface area (Å²) in [6.07, 6.45) is 0. The van der Waals surface area contributed by atoms with Crippen molar-refractivity contribution in [2.75, 3.05) is 0 Å². The van der Waals surface area contributed by atoms with Gasteiger partial charge in [0.05, 0.1) is 15.9 Å². The zero-order valence-electron chi connectivity index (χ0n) is 9.95. The average molecular weight is 383 g/mol. The molecule has 6 heteroatoms. The summed E-state index contributed by atoms with van der Waals surface area (Å²) in [7, 11) is 0. The van der Waals surface area contributed by atoms with E-state index in [1.165, 1.54) is 4.52 Å². The number of nitrogens with one attached hydrogen (secondary N) is 1. The number of aromatic nitrogens is 3. The molecule has 0 unspecified atom stereocenters. The molecule has 96 valence electrons. The lowest BCUT2D eigenvalue weighted by Crippen LogP contribution is -2.17. The number of aromatic amines is 1. The fourth-order valence-electron chi connectivity index (χ4n) is 1.93. The first kappa shape index (κ1) is 12.6. The number of hydrogen-bond donors (Lipinski definition) is 1. The van der Waals surface area contributed by atoms with E-state index in [2.05, 4.69) is 41.9 Å². The number of fused-ring (bicyclic) bond motifs is 1. The maximum atomic E-state index is 12.2. The first-order chi connectivity index (χ1) is 9.09. The van der Waals surface area contributed by atoms with Crippen molar-refractivity contribution in [3.8, 4) is 11.3 Å². The fourth-order valence-corrected chi connectivity index (χ4v) is 2.78. The molecule has 0 saturated heterocycles. The first-order valence-electron chi connectivity index (χ1n) is 5.61. The van der Waals surface area contributed by atoms with Crippen molar-refractivity contribution in [1.82, 2.24) is 14.6 Å². The van der Waals surface area contributed by atoms with Crippen LogP contribution in [0.2, 0.25) is 0 Å². The summed E-state index contributed by atoms with van der Waals surface area (Å²) in [5, 5.41) is 3.08. The molecule has 0 aliphatic rings. The van der Waals surface area contributed by atoms with E-state index in [9.17, 15) is 4.79 Å². The smallest absolute Gasteiger partial charge is 0.287 e. The molecule has 0 aliphatic carbocycles. The molecule has 3 rings (SSSR count). The number of hydrogen-bond acceptors (Lipinski definition) is 2. The molecule has 0 aliphatic heterocycles. The van der Waals surface area contributed by atoms with Crippen molar-refractivity contribution >= 4 is 37.5 Å². The van der Waals surface area contributed by atoms with Crippen molar-refractivity contribution in [2.24, 2.45) is 0 Å². The molecule has 4 nitrogen and oxygen atoms in total. The molecule has 0 radical (unpaired) electrons. The largest absolute Gasteiger partial charge is 0.288 e. The molecule has 0 atom stereocenters. The molecular weight excluding hydrogens is 374 g/mol. The minimum atomic E-state index is -0.148. The lowest BCUT2D eigenvalue weighted by molar-refractivity contribution is 0.884. The van der Waals surface area contributed by atoms with Gasteiger partial charge in [-0.05, 0) is 38.8 Å². The van der Waals surface area contributed by atoms with Crippen LogP contribution in [0.5, 0.6) is 0 Å². The van der Waals surface area contributed by atoms with E-state index < -0.39 is 0 Å². The van der Waals surface area contributed by atoms with Crippen molar-refractivity contribution in [3.05, 3.63) is 55.3 Å². The predicted molar refractivity (Wildman–Crippen MR) is 81.4 cm³/mol. The molecular formula is C13H9Br2N3O. The molecule has 2 aromatic heterocycles. The Kier molecular flexibility index (Phi) is 3.06. The van der Waals surface area contributed by atoms with Gasteiger partial charge in [0.1, 0.15) is 4.47 Å². The summed E-state index contributed by atoms with van der Waals surface area (Å²) in [6.45, 7) is 1.80. The summed E-state index contributed by atoms with van der Waals surface area (Å²) >= 11 is 6.77. The Balaban J connectivity index is 2.39. The minimum absolute atomic E-state index is 0.148. The van der Waals surface area contributed by atoms with Gasteiger partial charge < -0.3 is 0 Å². The maximum absolute atomic E-state index is 12.2. The number of H-pyrrole nitrogens is 1. The third-order valence-corrected chi connectivity index (χ3v) is 4.56. The first-order valence-corrected chi connectivity index (χ1v) is 7.20. The van der Waals surface area contributed by atoms with Crippen LogP contribution in [0.4, 0.5) is 0 Å². The Labute approximate surface area is 125 Å². The van der Waals surface area contributed by atoms with Crippen LogP contribution in [0.25, 0.3) is 16.9 Å². The van der Waals surface area contributed by atoms with Gasteiger partial charge in [-0.15, -0.1) is 0 Å². The van der Waals surface area contributed by atoms with Crippen molar-refractivity contribution in [2.45, 2.75) is 6.92 Å². The third-order valence-electron chi connectivity index (χ3n) is 2.90. The van der Waals surface area contributed by atoms with Gasteiger partial charge in [-0.2, -0.15) is 4.52 Å². The molecule has 19 heavy (non-hydrogen) atoms. The SMILES string of the molecule is Cc1nc2c(Br)c(-c3ccccc3)[nH]n2c(=O)c1Br. The van der Waals surface area contributed by atoms with Crippen molar-refractivity contribution in [3.63, 3.8) is 0 Å². The molecule has 0 spiro atoms. The number of aryl methyl sites for hydroxylation is 1. The van der Waals surface area contributed by atoms with Crippen molar-refractivity contribution < 1.29 is 0 Å². The lowest BCUT2D eigenvalue weighted by Gasteiger charge is -1.97. The number of halogens is 2. The van der Waals surface area contributed by atoms with Crippen LogP contribution in [-0.4, -0.2) is 14.6 Å². The Hall–Kier alpha value is -1.40. The van der Waals surface area contributed by atoms with E-state index in [1.54, 1.807) is 6.92 Å². The standard InChI is InChI=1S/C13H9Br2N3O/c1-7-9(14)13(19)18-12(16-7)10(15)11(17-18)8-5-3-2-4-6-8/h2-6,17H,1H3. The van der Waals surface area contributed by atoms with Gasteiger partial charge >= 0.3 is 0 Å². The molecule has 0 bridgehead atoms. The summed E-state index contributed by atoms with van der Waals surface area (Å²) in [6, 6.07) is 9.80. The maximum Gasteiger partial charge on any atom is 0.287 e. The summed E-state index contributed by atoms with van der Waals surface area (Å²) in [4.78, 5) is 16.6. The zero-order chi connectivity index (χ0) is 13.6. The van der Waals surface area contributed by atoms with E-state index in [4.69, 9.17) is 0 Å². The highest BCUT2D eigenvalue weighted by atomic mass is 79.9. The van der Waals surface area contributed by atoms with E-state index in [-0.39, 0.29) is 5.56 Å². The normalized spacial score (nSPS) is 11.1. The quantitative estimate of drug-likeness (QED) is 0.699. The van der Waals surface area contributed by atoms with E-state index in [0.29, 0.717) is 15.8 Å². The Morgan fingerprint density at radius 1 is 1.16 bits per heavy atom. The van der Waals surface area contributed by atoms with Gasteiger partial charge in [-0.25, -0.2) is 4.98 Å². The third kappa shape index (κ3) is 1.95. The molecule has 1 N–H and O–H groups in total.